The van der Waals surface area contributed by atoms with Gasteiger partial charge in [-0.25, -0.2) is 9.67 Å². The summed E-state index contributed by atoms with van der Waals surface area (Å²) in [5.74, 6) is 1.45. The minimum atomic E-state index is 0.0609. The average Bonchev–Trinajstić information content (AvgIpc) is 2.97. The molecule has 3 aromatic rings. The fraction of sp³-hybridized carbons (Fsp3) is 0.286. The van der Waals surface area contributed by atoms with Crippen LogP contribution in [0, 0.1) is 34.6 Å². The van der Waals surface area contributed by atoms with Gasteiger partial charge in [-0.3, -0.25) is 4.79 Å². The first-order valence-corrected chi connectivity index (χ1v) is 8.46. The highest BCUT2D eigenvalue weighted by molar-refractivity contribution is 5.98. The minimum Gasteiger partial charge on any atom is -0.292 e. The van der Waals surface area contributed by atoms with Crippen molar-refractivity contribution in [2.75, 3.05) is 0 Å². The smallest absolute Gasteiger partial charge is 0.184 e. The summed E-state index contributed by atoms with van der Waals surface area (Å²) in [5.41, 5.74) is 6.35. The summed E-state index contributed by atoms with van der Waals surface area (Å²) in [6, 6.07) is 11.8. The SMILES string of the molecule is Cc1nc(-c2ccccc2)n(CC(=O)c2cc(C)c(C)c(C)c2C)n1. The number of ketones is 1. The van der Waals surface area contributed by atoms with Crippen molar-refractivity contribution in [2.45, 2.75) is 41.2 Å². The second kappa shape index (κ2) is 6.63. The first kappa shape index (κ1) is 17.1. The molecule has 2 aromatic carbocycles. The van der Waals surface area contributed by atoms with E-state index in [4.69, 9.17) is 0 Å². The average molecular weight is 333 g/mol. The largest absolute Gasteiger partial charge is 0.292 e. The Bertz CT molecular complexity index is 940. The van der Waals surface area contributed by atoms with Crippen LogP contribution in [0.4, 0.5) is 0 Å². The van der Waals surface area contributed by atoms with Crippen LogP contribution in [0.1, 0.15) is 38.4 Å². The number of carbonyl (C=O) groups is 1. The number of aryl methyl sites for hydroxylation is 2. The first-order valence-electron chi connectivity index (χ1n) is 8.46. The number of aromatic nitrogens is 3. The molecule has 0 aliphatic carbocycles. The molecule has 3 rings (SSSR count). The molecule has 0 amide bonds. The predicted octanol–water partition coefficient (Wildman–Crippen LogP) is 4.37. The van der Waals surface area contributed by atoms with E-state index >= 15 is 0 Å². The summed E-state index contributed by atoms with van der Waals surface area (Å²) in [7, 11) is 0. The zero-order valence-corrected chi connectivity index (χ0v) is 15.4. The molecular formula is C21H23N3O. The van der Waals surface area contributed by atoms with Crippen molar-refractivity contribution in [3.63, 3.8) is 0 Å². The van der Waals surface area contributed by atoms with Crippen LogP contribution >= 0.6 is 0 Å². The minimum absolute atomic E-state index is 0.0609. The summed E-state index contributed by atoms with van der Waals surface area (Å²) in [4.78, 5) is 17.5. The lowest BCUT2D eigenvalue weighted by Gasteiger charge is -2.14. The lowest BCUT2D eigenvalue weighted by Crippen LogP contribution is -2.15. The first-order chi connectivity index (χ1) is 11.9. The third-order valence-corrected chi connectivity index (χ3v) is 4.88. The molecule has 0 unspecified atom stereocenters. The Labute approximate surface area is 148 Å². The van der Waals surface area contributed by atoms with E-state index in [0.29, 0.717) is 5.82 Å². The molecule has 25 heavy (non-hydrogen) atoms. The van der Waals surface area contributed by atoms with Gasteiger partial charge in [-0.2, -0.15) is 5.10 Å². The highest BCUT2D eigenvalue weighted by Crippen LogP contribution is 2.23. The van der Waals surface area contributed by atoms with Crippen molar-refractivity contribution in [1.29, 1.82) is 0 Å². The quantitative estimate of drug-likeness (QED) is 0.666. The van der Waals surface area contributed by atoms with Crippen molar-refractivity contribution in [1.82, 2.24) is 14.8 Å². The van der Waals surface area contributed by atoms with E-state index in [2.05, 4.69) is 23.9 Å². The van der Waals surface area contributed by atoms with Gasteiger partial charge >= 0.3 is 0 Å². The van der Waals surface area contributed by atoms with Gasteiger partial charge in [-0.1, -0.05) is 30.3 Å². The molecule has 0 bridgehead atoms. The fourth-order valence-electron chi connectivity index (χ4n) is 3.09. The van der Waals surface area contributed by atoms with E-state index in [1.54, 1.807) is 4.68 Å². The van der Waals surface area contributed by atoms with Crippen LogP contribution in [0.2, 0.25) is 0 Å². The summed E-state index contributed by atoms with van der Waals surface area (Å²) in [6.07, 6.45) is 0. The Morgan fingerprint density at radius 1 is 0.960 bits per heavy atom. The lowest BCUT2D eigenvalue weighted by molar-refractivity contribution is 0.0967. The number of carbonyl (C=O) groups excluding carboxylic acids is 1. The summed E-state index contributed by atoms with van der Waals surface area (Å²) >= 11 is 0. The molecule has 4 nitrogen and oxygen atoms in total. The predicted molar refractivity (Wildman–Crippen MR) is 99.9 cm³/mol. The molecule has 0 saturated heterocycles. The maximum atomic E-state index is 13.0. The van der Waals surface area contributed by atoms with Gasteiger partial charge in [0.05, 0.1) is 0 Å². The van der Waals surface area contributed by atoms with Gasteiger partial charge in [0.1, 0.15) is 12.4 Å². The van der Waals surface area contributed by atoms with Crippen LogP contribution < -0.4 is 0 Å². The summed E-state index contributed by atoms with van der Waals surface area (Å²) in [6.45, 7) is 10.3. The van der Waals surface area contributed by atoms with Gasteiger partial charge in [0, 0.05) is 11.1 Å². The van der Waals surface area contributed by atoms with E-state index in [9.17, 15) is 4.79 Å². The van der Waals surface area contributed by atoms with Gasteiger partial charge in [0.25, 0.3) is 0 Å². The molecule has 0 spiro atoms. The van der Waals surface area contributed by atoms with Gasteiger partial charge in [0.15, 0.2) is 11.6 Å². The molecule has 1 heterocycles. The lowest BCUT2D eigenvalue weighted by atomic mass is 9.92. The number of rotatable bonds is 4. The van der Waals surface area contributed by atoms with Gasteiger partial charge in [0.2, 0.25) is 0 Å². The Balaban J connectivity index is 1.98. The second-order valence-corrected chi connectivity index (χ2v) is 6.55. The molecular weight excluding hydrogens is 310 g/mol. The molecule has 0 radical (unpaired) electrons. The molecule has 0 atom stereocenters. The molecule has 0 fully saturated rings. The third-order valence-electron chi connectivity index (χ3n) is 4.88. The zero-order valence-electron chi connectivity index (χ0n) is 15.4. The number of benzene rings is 2. The van der Waals surface area contributed by atoms with Crippen molar-refractivity contribution in [3.05, 3.63) is 70.0 Å². The van der Waals surface area contributed by atoms with Crippen molar-refractivity contribution < 1.29 is 4.79 Å². The zero-order chi connectivity index (χ0) is 18.1. The molecule has 4 heteroatoms. The summed E-state index contributed by atoms with van der Waals surface area (Å²) < 4.78 is 1.71. The van der Waals surface area contributed by atoms with Gasteiger partial charge in [-0.05, 0) is 62.9 Å². The molecule has 128 valence electrons. The number of hydrogen-bond acceptors (Lipinski definition) is 3. The number of nitrogens with zero attached hydrogens (tertiary/aromatic N) is 3. The van der Waals surface area contributed by atoms with Crippen LogP contribution in [0.3, 0.4) is 0 Å². The Morgan fingerprint density at radius 2 is 1.64 bits per heavy atom. The van der Waals surface area contributed by atoms with Gasteiger partial charge in [-0.15, -0.1) is 0 Å². The molecule has 0 aliphatic heterocycles. The van der Waals surface area contributed by atoms with Crippen molar-refractivity contribution >= 4 is 5.78 Å². The fourth-order valence-corrected chi connectivity index (χ4v) is 3.09. The molecule has 0 saturated carbocycles. The summed E-state index contributed by atoms with van der Waals surface area (Å²) in [5, 5.41) is 4.43. The van der Waals surface area contributed by atoms with Crippen molar-refractivity contribution in [2.24, 2.45) is 0 Å². The van der Waals surface area contributed by atoms with Crippen LogP contribution in [0.25, 0.3) is 11.4 Å². The molecule has 0 aliphatic rings. The van der Waals surface area contributed by atoms with Crippen LogP contribution in [-0.4, -0.2) is 20.5 Å². The Morgan fingerprint density at radius 3 is 2.32 bits per heavy atom. The third kappa shape index (κ3) is 3.25. The van der Waals surface area contributed by atoms with Crippen LogP contribution in [0.15, 0.2) is 36.4 Å². The van der Waals surface area contributed by atoms with E-state index < -0.39 is 0 Å². The maximum Gasteiger partial charge on any atom is 0.184 e. The van der Waals surface area contributed by atoms with Crippen LogP contribution in [-0.2, 0) is 6.54 Å². The number of hydrogen-bond donors (Lipinski definition) is 0. The maximum absolute atomic E-state index is 13.0. The van der Waals surface area contributed by atoms with E-state index in [1.807, 2.05) is 57.2 Å². The highest BCUT2D eigenvalue weighted by atomic mass is 16.1. The highest BCUT2D eigenvalue weighted by Gasteiger charge is 2.17. The Hall–Kier alpha value is -2.75. The van der Waals surface area contributed by atoms with Crippen molar-refractivity contribution in [3.8, 4) is 11.4 Å². The normalized spacial score (nSPS) is 10.9. The van der Waals surface area contributed by atoms with Crippen LogP contribution in [0.5, 0.6) is 0 Å². The Kier molecular flexibility index (Phi) is 4.53. The molecule has 1 aromatic heterocycles. The monoisotopic (exact) mass is 333 g/mol. The number of Topliss-reactive ketones (excluding diaryl/α,β-unsaturated/α-hetero) is 1. The molecule has 0 N–H and O–H groups in total. The standard InChI is InChI=1S/C21H23N3O/c1-13-11-19(16(4)15(3)14(13)2)20(25)12-24-21(22-17(5)23-24)18-9-7-6-8-10-18/h6-11H,12H2,1-5H3. The van der Waals surface area contributed by atoms with Gasteiger partial charge < -0.3 is 0 Å². The topological polar surface area (TPSA) is 47.8 Å². The second-order valence-electron chi connectivity index (χ2n) is 6.55. The van der Waals surface area contributed by atoms with E-state index in [1.165, 1.54) is 11.1 Å². The van der Waals surface area contributed by atoms with E-state index in [-0.39, 0.29) is 12.3 Å². The van der Waals surface area contributed by atoms with E-state index in [0.717, 1.165) is 28.1 Å².